The average Bonchev–Trinajstić information content (AvgIpc) is 3.61. The lowest BCUT2D eigenvalue weighted by Crippen LogP contribution is -3.05. The Morgan fingerprint density at radius 3 is 1.86 bits per heavy atom. The minimum atomic E-state index is 0.301. The fourth-order valence-electron chi connectivity index (χ4n) is 8.36. The lowest BCUT2D eigenvalue weighted by atomic mass is 9.87. The molecule has 7 aromatic rings. The number of hydrogen-bond donors (Lipinski definition) is 1. The van der Waals surface area contributed by atoms with Crippen molar-refractivity contribution in [3.05, 3.63) is 206 Å². The van der Waals surface area contributed by atoms with Crippen LogP contribution in [0.4, 0.5) is 28.4 Å². The summed E-state index contributed by atoms with van der Waals surface area (Å²) in [7, 11) is 0. The number of aromatic nitrogens is 3. The van der Waals surface area contributed by atoms with E-state index < -0.39 is 0 Å². The number of nitrogens with one attached hydrogen (secondary N) is 2. The highest BCUT2D eigenvalue weighted by molar-refractivity contribution is 5.89. The predicted molar refractivity (Wildman–Crippen MR) is 227 cm³/mol. The Bertz CT molecular complexity index is 2590. The molecule has 3 aliphatic rings. The predicted octanol–water partition coefficient (Wildman–Crippen LogP) is 11.0. The highest BCUT2D eigenvalue weighted by Crippen LogP contribution is 2.43. The Balaban J connectivity index is 1.02. The van der Waals surface area contributed by atoms with E-state index in [4.69, 9.17) is 9.97 Å². The van der Waals surface area contributed by atoms with E-state index in [1.165, 1.54) is 33.0 Å². The Morgan fingerprint density at radius 1 is 0.536 bits per heavy atom. The van der Waals surface area contributed by atoms with Crippen molar-refractivity contribution in [2.45, 2.75) is 18.9 Å². The van der Waals surface area contributed by atoms with Crippen LogP contribution < -0.4 is 14.8 Å². The third kappa shape index (κ3) is 6.38. The fraction of sp³-hybridized carbons (Fsp3) is 0.0784. The zero-order chi connectivity index (χ0) is 37.3. The fourth-order valence-corrected chi connectivity index (χ4v) is 8.36. The van der Waals surface area contributed by atoms with Gasteiger partial charge in [0.15, 0.2) is 0 Å². The van der Waals surface area contributed by atoms with Gasteiger partial charge in [-0.15, -0.1) is 0 Å². The summed E-state index contributed by atoms with van der Waals surface area (Å²) in [6.45, 7) is 0. The first-order chi connectivity index (χ1) is 27.8. The van der Waals surface area contributed by atoms with Gasteiger partial charge in [-0.05, 0) is 96.9 Å². The molecule has 1 aliphatic heterocycles. The van der Waals surface area contributed by atoms with Crippen LogP contribution in [0.5, 0.6) is 0 Å². The maximum absolute atomic E-state index is 5.03. The zero-order valence-electron chi connectivity index (χ0n) is 31.0. The number of rotatable bonds is 8. The third-order valence-corrected chi connectivity index (χ3v) is 11.1. The number of para-hydroxylation sites is 2. The molecule has 0 amide bonds. The van der Waals surface area contributed by atoms with Crippen LogP contribution in [0, 0.1) is 5.92 Å². The normalized spacial score (nSPS) is 17.9. The molecule has 0 bridgehead atoms. The number of nitrogens with zero attached hydrogens (tertiary/aromatic N) is 3. The number of hydrogen-bond acceptors (Lipinski definition) is 3. The lowest BCUT2D eigenvalue weighted by Gasteiger charge is -2.28. The van der Waals surface area contributed by atoms with Gasteiger partial charge < -0.3 is 4.90 Å². The van der Waals surface area contributed by atoms with Crippen molar-refractivity contribution in [3.63, 3.8) is 0 Å². The van der Waals surface area contributed by atoms with E-state index in [1.807, 2.05) is 36.4 Å². The third-order valence-electron chi connectivity index (χ3n) is 11.1. The molecular weight excluding hydrogens is 683 g/mol. The summed E-state index contributed by atoms with van der Waals surface area (Å²) in [5.74, 6) is 2.69. The molecule has 10 rings (SSSR count). The minimum absolute atomic E-state index is 0.301. The van der Waals surface area contributed by atoms with E-state index in [0.717, 1.165) is 58.2 Å². The second kappa shape index (κ2) is 14.7. The SMILES string of the molecule is C1=CCC(C2=CCC([NH+]3c4ccccc4-c4ccc(N(c5ccccc5)c5ccc(-c6nc(-c7ccccc7)nc(-c7ccccc7)[nH+]6)cc5)cc43)C=C2)C=C1. The molecule has 6 aromatic carbocycles. The molecule has 56 heavy (non-hydrogen) atoms. The van der Waals surface area contributed by atoms with Crippen LogP contribution in [0.2, 0.25) is 0 Å². The van der Waals surface area contributed by atoms with Gasteiger partial charge in [-0.2, -0.15) is 0 Å². The molecule has 2 aliphatic carbocycles. The van der Waals surface area contributed by atoms with Crippen molar-refractivity contribution in [3.8, 4) is 45.3 Å². The van der Waals surface area contributed by atoms with Gasteiger partial charge in [-0.3, -0.25) is 4.90 Å². The van der Waals surface area contributed by atoms with Gasteiger partial charge in [-0.25, -0.2) is 4.98 Å². The average molecular weight is 724 g/mol. The van der Waals surface area contributed by atoms with E-state index in [9.17, 15) is 0 Å². The van der Waals surface area contributed by atoms with Crippen molar-refractivity contribution >= 4 is 28.4 Å². The first kappa shape index (κ1) is 33.6. The molecule has 0 fully saturated rings. The molecule has 0 saturated carbocycles. The van der Waals surface area contributed by atoms with Crippen molar-refractivity contribution in [1.29, 1.82) is 0 Å². The molecule has 268 valence electrons. The number of anilines is 3. The first-order valence-corrected chi connectivity index (χ1v) is 19.5. The summed E-state index contributed by atoms with van der Waals surface area (Å²) < 4.78 is 0. The number of benzene rings is 6. The van der Waals surface area contributed by atoms with Crippen molar-refractivity contribution < 1.29 is 9.88 Å². The van der Waals surface area contributed by atoms with Crippen LogP contribution in [-0.2, 0) is 0 Å². The Hall–Kier alpha value is -6.95. The number of fused-ring (bicyclic) bond motifs is 3. The number of H-pyrrole nitrogens is 1. The summed E-state index contributed by atoms with van der Waals surface area (Å²) >= 11 is 0. The van der Waals surface area contributed by atoms with E-state index in [2.05, 4.69) is 174 Å². The van der Waals surface area contributed by atoms with E-state index in [-0.39, 0.29) is 0 Å². The highest BCUT2D eigenvalue weighted by atomic mass is 15.2. The number of allylic oxidation sites excluding steroid dienone is 6. The smallest absolute Gasteiger partial charge is 0.308 e. The van der Waals surface area contributed by atoms with Crippen LogP contribution in [0.1, 0.15) is 12.8 Å². The summed E-state index contributed by atoms with van der Waals surface area (Å²) in [4.78, 5) is 17.3. The first-order valence-electron chi connectivity index (χ1n) is 19.5. The van der Waals surface area contributed by atoms with Crippen molar-refractivity contribution in [1.82, 2.24) is 9.97 Å². The molecule has 5 heteroatoms. The molecule has 3 unspecified atom stereocenters. The van der Waals surface area contributed by atoms with Crippen molar-refractivity contribution in [2.75, 3.05) is 4.90 Å². The molecule has 0 radical (unpaired) electrons. The molecule has 1 aromatic heterocycles. The van der Waals surface area contributed by atoms with Crippen LogP contribution in [0.3, 0.4) is 0 Å². The van der Waals surface area contributed by atoms with E-state index in [0.29, 0.717) is 17.8 Å². The van der Waals surface area contributed by atoms with E-state index >= 15 is 0 Å². The molecule has 2 heterocycles. The molecular formula is C51H41N5+2. The van der Waals surface area contributed by atoms with Crippen molar-refractivity contribution in [2.24, 2.45) is 5.92 Å². The van der Waals surface area contributed by atoms with E-state index in [1.54, 1.807) is 0 Å². The standard InChI is InChI=1S/C51H39N5/c1-5-15-36(16-6-1)37-25-29-43(30-26-37)56-47-24-14-13-23-45(47)46-34-33-44(35-48(46)56)55(41-21-11-4-12-22-41)42-31-27-40(28-32-42)51-53-49(38-17-7-2-8-18-38)52-50(54-51)39-19-9-3-10-20-39/h1-15,17-29,31-36,43H,16,30H2/p+2. The van der Waals surface area contributed by atoms with Crippen LogP contribution >= 0.6 is 0 Å². The molecule has 0 spiro atoms. The van der Waals surface area contributed by atoms with Gasteiger partial charge in [0.25, 0.3) is 11.6 Å². The van der Waals surface area contributed by atoms with Gasteiger partial charge in [0.2, 0.25) is 0 Å². The van der Waals surface area contributed by atoms with Gasteiger partial charge in [0, 0.05) is 47.0 Å². The maximum Gasteiger partial charge on any atom is 0.308 e. The monoisotopic (exact) mass is 723 g/mol. The van der Waals surface area contributed by atoms with Gasteiger partial charge in [0.1, 0.15) is 17.4 Å². The van der Waals surface area contributed by atoms with Gasteiger partial charge >= 0.3 is 5.82 Å². The summed E-state index contributed by atoms with van der Waals surface area (Å²) in [5.41, 5.74) is 12.9. The highest BCUT2D eigenvalue weighted by Gasteiger charge is 2.37. The summed E-state index contributed by atoms with van der Waals surface area (Å²) in [5, 5.41) is 0. The van der Waals surface area contributed by atoms with Gasteiger partial charge in [0.05, 0.1) is 22.4 Å². The largest absolute Gasteiger partial charge is 0.310 e. The van der Waals surface area contributed by atoms with Gasteiger partial charge in [-0.1, -0.05) is 113 Å². The minimum Gasteiger partial charge on any atom is -0.310 e. The Morgan fingerprint density at radius 2 is 1.16 bits per heavy atom. The number of aromatic amines is 1. The maximum atomic E-state index is 5.03. The number of quaternary nitrogens is 1. The molecule has 0 saturated heterocycles. The topological polar surface area (TPSA) is 47.6 Å². The van der Waals surface area contributed by atoms with Crippen LogP contribution in [0.25, 0.3) is 45.3 Å². The summed E-state index contributed by atoms with van der Waals surface area (Å²) in [6.07, 6.45) is 18.3. The quantitative estimate of drug-likeness (QED) is 0.170. The van der Waals surface area contributed by atoms with Crippen LogP contribution in [0.15, 0.2) is 206 Å². The second-order valence-corrected chi connectivity index (χ2v) is 14.6. The lowest BCUT2D eigenvalue weighted by molar-refractivity contribution is -0.778. The molecule has 5 nitrogen and oxygen atoms in total. The Labute approximate surface area is 328 Å². The molecule has 2 N–H and O–H groups in total. The molecule has 3 atom stereocenters. The van der Waals surface area contributed by atoms with Crippen LogP contribution in [-0.4, -0.2) is 16.0 Å². The summed E-state index contributed by atoms with van der Waals surface area (Å²) in [6, 6.07) is 56.0. The zero-order valence-corrected chi connectivity index (χ0v) is 31.0. The second-order valence-electron chi connectivity index (χ2n) is 14.6. The Kier molecular flexibility index (Phi) is 8.82.